The Balaban J connectivity index is 0.00000196. The van der Waals surface area contributed by atoms with E-state index in [-0.39, 0.29) is 24.7 Å². The highest BCUT2D eigenvalue weighted by Crippen LogP contribution is 2.32. The molecule has 0 aliphatic rings. The lowest BCUT2D eigenvalue weighted by atomic mass is 10.0. The van der Waals surface area contributed by atoms with Gasteiger partial charge in [0.1, 0.15) is 5.75 Å². The van der Waals surface area contributed by atoms with Crippen molar-refractivity contribution < 1.29 is 5.11 Å². The Labute approximate surface area is 102 Å². The second-order valence-corrected chi connectivity index (χ2v) is 3.70. The number of aromatic hydroxyl groups is 1. The van der Waals surface area contributed by atoms with Crippen LogP contribution in [-0.2, 0) is 0 Å². The van der Waals surface area contributed by atoms with Crippen molar-refractivity contribution in [3.05, 3.63) is 27.7 Å². The predicted molar refractivity (Wildman–Crippen MR) is 63.8 cm³/mol. The summed E-state index contributed by atoms with van der Waals surface area (Å²) in [4.78, 5) is 0. The van der Waals surface area contributed by atoms with Gasteiger partial charge in [0.2, 0.25) is 0 Å². The highest BCUT2D eigenvalue weighted by molar-refractivity contribution is 9.10. The topological polar surface area (TPSA) is 96.1 Å². The van der Waals surface area contributed by atoms with Crippen LogP contribution in [0, 0.1) is 11.3 Å². The molecule has 0 saturated heterocycles. The molecule has 0 radical (unpaired) electrons. The van der Waals surface area contributed by atoms with Gasteiger partial charge >= 0.3 is 0 Å². The van der Waals surface area contributed by atoms with Gasteiger partial charge in [-0.1, -0.05) is 0 Å². The van der Waals surface area contributed by atoms with E-state index in [2.05, 4.69) is 15.9 Å². The van der Waals surface area contributed by atoms with Gasteiger partial charge in [-0.25, -0.2) is 0 Å². The van der Waals surface area contributed by atoms with E-state index in [1.54, 1.807) is 0 Å². The van der Waals surface area contributed by atoms with Crippen molar-refractivity contribution in [3.63, 3.8) is 0 Å². The molecule has 0 aliphatic carbocycles. The average Bonchev–Trinajstić information content (AvgIpc) is 2.20. The molecular formula is C9H11BrClN3O. The Morgan fingerprint density at radius 1 is 1.53 bits per heavy atom. The highest BCUT2D eigenvalue weighted by Gasteiger charge is 2.13. The van der Waals surface area contributed by atoms with Crippen molar-refractivity contribution in [1.29, 1.82) is 5.26 Å². The first-order valence-electron chi connectivity index (χ1n) is 3.98. The van der Waals surface area contributed by atoms with Gasteiger partial charge in [-0.3, -0.25) is 0 Å². The van der Waals surface area contributed by atoms with Gasteiger partial charge in [0.15, 0.2) is 0 Å². The van der Waals surface area contributed by atoms with Crippen LogP contribution < -0.4 is 11.5 Å². The van der Waals surface area contributed by atoms with E-state index >= 15 is 0 Å². The molecule has 6 heteroatoms. The molecule has 5 N–H and O–H groups in total. The second-order valence-electron chi connectivity index (χ2n) is 2.85. The van der Waals surface area contributed by atoms with E-state index in [4.69, 9.17) is 16.7 Å². The number of nitriles is 1. The first kappa shape index (κ1) is 14.2. The molecule has 0 fully saturated rings. The molecule has 0 aromatic heterocycles. The number of hydrogen-bond acceptors (Lipinski definition) is 4. The summed E-state index contributed by atoms with van der Waals surface area (Å²) < 4.78 is 0.454. The molecule has 0 bridgehead atoms. The summed E-state index contributed by atoms with van der Waals surface area (Å²) in [5.74, 6) is 0.0435. The minimum absolute atomic E-state index is 0. The van der Waals surface area contributed by atoms with Crippen LogP contribution in [0.25, 0.3) is 0 Å². The minimum atomic E-state index is -0.459. The minimum Gasteiger partial charge on any atom is -0.506 e. The Morgan fingerprint density at radius 2 is 2.13 bits per heavy atom. The van der Waals surface area contributed by atoms with Crippen LogP contribution in [0.4, 0.5) is 0 Å². The van der Waals surface area contributed by atoms with Crippen molar-refractivity contribution in [1.82, 2.24) is 0 Å². The highest BCUT2D eigenvalue weighted by atomic mass is 79.9. The molecular weight excluding hydrogens is 281 g/mol. The molecule has 0 spiro atoms. The number of hydrogen-bond donors (Lipinski definition) is 3. The van der Waals surface area contributed by atoms with E-state index in [1.807, 2.05) is 6.07 Å². The monoisotopic (exact) mass is 291 g/mol. The van der Waals surface area contributed by atoms with E-state index in [0.717, 1.165) is 0 Å². The number of benzene rings is 1. The van der Waals surface area contributed by atoms with Gasteiger partial charge in [-0.05, 0) is 28.1 Å². The predicted octanol–water partition coefficient (Wildman–Crippen LogP) is 1.41. The maximum absolute atomic E-state index is 9.63. The molecule has 82 valence electrons. The van der Waals surface area contributed by atoms with Crippen LogP contribution in [0.3, 0.4) is 0 Å². The molecule has 1 aromatic carbocycles. The molecule has 15 heavy (non-hydrogen) atoms. The maximum atomic E-state index is 9.63. The summed E-state index contributed by atoms with van der Waals surface area (Å²) in [7, 11) is 0. The molecule has 0 unspecified atom stereocenters. The zero-order valence-corrected chi connectivity index (χ0v) is 10.2. The Kier molecular flexibility index (Phi) is 5.61. The zero-order valence-electron chi connectivity index (χ0n) is 7.77. The standard InChI is InChI=1S/C9H10BrN3O.ClH/c10-7-2-5(3-11)1-6(9(7)14)8(13)4-12;/h1-2,8,14H,4,12-13H2;1H/t8-;/m0./s1. The number of nitrogens with two attached hydrogens (primary N) is 2. The Morgan fingerprint density at radius 3 is 2.60 bits per heavy atom. The first-order chi connectivity index (χ1) is 6.60. The van der Waals surface area contributed by atoms with Gasteiger partial charge < -0.3 is 16.6 Å². The van der Waals surface area contributed by atoms with Crippen molar-refractivity contribution >= 4 is 28.3 Å². The van der Waals surface area contributed by atoms with Gasteiger partial charge in [0.05, 0.1) is 16.1 Å². The third-order valence-corrected chi connectivity index (χ3v) is 2.48. The summed E-state index contributed by atoms with van der Waals surface area (Å²) >= 11 is 3.14. The van der Waals surface area contributed by atoms with Crippen LogP contribution in [0.5, 0.6) is 5.75 Å². The molecule has 0 amide bonds. The van der Waals surface area contributed by atoms with Crippen LogP contribution >= 0.6 is 28.3 Å². The largest absolute Gasteiger partial charge is 0.506 e. The lowest BCUT2D eigenvalue weighted by Crippen LogP contribution is -2.21. The third-order valence-electron chi connectivity index (χ3n) is 1.88. The van der Waals surface area contributed by atoms with E-state index < -0.39 is 6.04 Å². The fourth-order valence-electron chi connectivity index (χ4n) is 1.09. The quantitative estimate of drug-likeness (QED) is 0.768. The fourth-order valence-corrected chi connectivity index (χ4v) is 1.57. The summed E-state index contributed by atoms with van der Waals surface area (Å²) in [6.07, 6.45) is 0. The zero-order chi connectivity index (χ0) is 10.7. The summed E-state index contributed by atoms with van der Waals surface area (Å²) in [5.41, 5.74) is 12.0. The molecule has 1 aromatic rings. The number of halogens is 2. The fraction of sp³-hybridized carbons (Fsp3) is 0.222. The Bertz CT molecular complexity index is 392. The van der Waals surface area contributed by atoms with Gasteiger partial charge in [0, 0.05) is 18.2 Å². The Hall–Kier alpha value is -0.800. The molecule has 0 heterocycles. The maximum Gasteiger partial charge on any atom is 0.134 e. The molecule has 1 rings (SSSR count). The lowest BCUT2D eigenvalue weighted by molar-refractivity contribution is 0.458. The number of rotatable bonds is 2. The normalized spacial score (nSPS) is 11.3. The molecule has 4 nitrogen and oxygen atoms in total. The number of phenolic OH excluding ortho intramolecular Hbond substituents is 1. The molecule has 0 aliphatic heterocycles. The summed E-state index contributed by atoms with van der Waals surface area (Å²) in [6, 6.07) is 4.59. The van der Waals surface area contributed by atoms with Crippen molar-refractivity contribution in [3.8, 4) is 11.8 Å². The number of nitrogens with zero attached hydrogens (tertiary/aromatic N) is 1. The number of phenols is 1. The first-order valence-corrected chi connectivity index (χ1v) is 4.77. The second kappa shape index (κ2) is 5.93. The summed E-state index contributed by atoms with van der Waals surface area (Å²) in [6.45, 7) is 0.217. The van der Waals surface area contributed by atoms with E-state index in [1.165, 1.54) is 12.1 Å². The third kappa shape index (κ3) is 3.08. The van der Waals surface area contributed by atoms with Crippen LogP contribution in [0.1, 0.15) is 17.2 Å². The van der Waals surface area contributed by atoms with Crippen LogP contribution in [0.15, 0.2) is 16.6 Å². The van der Waals surface area contributed by atoms with E-state index in [0.29, 0.717) is 15.6 Å². The van der Waals surface area contributed by atoms with Crippen molar-refractivity contribution in [2.75, 3.05) is 6.54 Å². The lowest BCUT2D eigenvalue weighted by Gasteiger charge is -2.12. The van der Waals surface area contributed by atoms with Crippen molar-refractivity contribution in [2.24, 2.45) is 11.5 Å². The van der Waals surface area contributed by atoms with Gasteiger partial charge in [-0.2, -0.15) is 5.26 Å². The van der Waals surface area contributed by atoms with Crippen LogP contribution in [-0.4, -0.2) is 11.7 Å². The molecule has 1 atom stereocenters. The summed E-state index contributed by atoms with van der Waals surface area (Å²) in [5, 5.41) is 18.3. The smallest absolute Gasteiger partial charge is 0.134 e. The van der Waals surface area contributed by atoms with Crippen LogP contribution in [0.2, 0.25) is 0 Å². The average molecular weight is 293 g/mol. The van der Waals surface area contributed by atoms with Gasteiger partial charge in [-0.15, -0.1) is 12.4 Å². The molecule has 0 saturated carbocycles. The van der Waals surface area contributed by atoms with E-state index in [9.17, 15) is 5.11 Å². The van der Waals surface area contributed by atoms with Crippen molar-refractivity contribution in [2.45, 2.75) is 6.04 Å². The van der Waals surface area contributed by atoms with Gasteiger partial charge in [0.25, 0.3) is 0 Å². The SMILES string of the molecule is Cl.N#Cc1cc(Br)c(O)c([C@@H](N)CN)c1.